The number of para-hydroxylation sites is 1. The van der Waals surface area contributed by atoms with Crippen LogP contribution in [0.3, 0.4) is 0 Å². The number of nitrogens with zero attached hydrogens (tertiary/aromatic N) is 5. The molecule has 1 aromatic heterocycles. The molecule has 3 saturated heterocycles. The number of ether oxygens (including phenoxy) is 2. The van der Waals surface area contributed by atoms with Gasteiger partial charge in [0.15, 0.2) is 0 Å². The zero-order chi connectivity index (χ0) is 31.6. The van der Waals surface area contributed by atoms with Gasteiger partial charge in [-0.05, 0) is 49.8 Å². The van der Waals surface area contributed by atoms with Crippen molar-refractivity contribution in [2.24, 2.45) is 11.8 Å². The first kappa shape index (κ1) is 30.7. The average Bonchev–Trinajstić information content (AvgIpc) is 3.81. The molecule has 0 saturated carbocycles. The van der Waals surface area contributed by atoms with Crippen LogP contribution in [0.1, 0.15) is 31.2 Å². The number of rotatable bonds is 14. The smallest absolute Gasteiger partial charge is 0.312 e. The first-order valence-electron chi connectivity index (χ1n) is 15.5. The number of esters is 1. The normalized spacial score (nSPS) is 25.7. The molecule has 45 heavy (non-hydrogen) atoms. The van der Waals surface area contributed by atoms with Gasteiger partial charge in [0.05, 0.1) is 42.7 Å². The highest BCUT2D eigenvalue weighted by atomic mass is 16.6. The van der Waals surface area contributed by atoms with Crippen LogP contribution < -0.4 is 0 Å². The van der Waals surface area contributed by atoms with E-state index in [4.69, 9.17) is 9.47 Å². The van der Waals surface area contributed by atoms with Gasteiger partial charge in [0.2, 0.25) is 11.8 Å². The fourth-order valence-corrected chi connectivity index (χ4v) is 7.39. The molecule has 3 aliphatic heterocycles. The summed E-state index contributed by atoms with van der Waals surface area (Å²) < 4.78 is 13.9. The molecule has 2 amide bonds. The van der Waals surface area contributed by atoms with E-state index in [-0.39, 0.29) is 38.2 Å². The highest BCUT2D eigenvalue weighted by molar-refractivity contribution is 5.98. The molecule has 1 N–H and O–H groups in total. The second-order valence-corrected chi connectivity index (χ2v) is 12.0. The summed E-state index contributed by atoms with van der Waals surface area (Å²) >= 11 is 0. The van der Waals surface area contributed by atoms with Crippen LogP contribution in [0, 0.1) is 11.8 Å². The molecule has 6 rings (SSSR count). The van der Waals surface area contributed by atoms with Crippen molar-refractivity contribution in [2.75, 3.05) is 19.8 Å². The van der Waals surface area contributed by atoms with E-state index in [1.54, 1.807) is 21.7 Å². The van der Waals surface area contributed by atoms with Crippen molar-refractivity contribution in [2.45, 2.75) is 62.6 Å². The van der Waals surface area contributed by atoms with Gasteiger partial charge in [0, 0.05) is 6.54 Å². The minimum atomic E-state index is -1.24. The SMILES string of the molecule is C=CCCCOC(=O)[C@@H]1[C@@H]2CCC3(O2)C(C(=O)N(CC=C)Cn2nnc4ccccc42)N([C@@H](CO)Cc2ccccc2)C(=O)[C@H]13. The predicted molar refractivity (Wildman–Crippen MR) is 165 cm³/mol. The number of amides is 2. The minimum Gasteiger partial charge on any atom is -0.465 e. The lowest BCUT2D eigenvalue weighted by Crippen LogP contribution is -2.59. The van der Waals surface area contributed by atoms with E-state index in [2.05, 4.69) is 23.5 Å². The van der Waals surface area contributed by atoms with E-state index < -0.39 is 41.6 Å². The number of benzene rings is 2. The van der Waals surface area contributed by atoms with Crippen LogP contribution in [-0.4, -0.2) is 91.2 Å². The van der Waals surface area contributed by atoms with Gasteiger partial charge in [0.25, 0.3) is 0 Å². The highest BCUT2D eigenvalue weighted by Gasteiger charge is 2.75. The Labute approximate surface area is 262 Å². The summed E-state index contributed by atoms with van der Waals surface area (Å²) in [5.41, 5.74) is 1.11. The van der Waals surface area contributed by atoms with E-state index in [1.165, 1.54) is 4.90 Å². The number of carbonyl (C=O) groups excluding carboxylic acids is 3. The first-order chi connectivity index (χ1) is 21.9. The van der Waals surface area contributed by atoms with E-state index in [0.717, 1.165) is 11.1 Å². The van der Waals surface area contributed by atoms with Crippen LogP contribution in [0.4, 0.5) is 0 Å². The number of aliphatic hydroxyl groups excluding tert-OH is 1. The Morgan fingerprint density at radius 3 is 2.69 bits per heavy atom. The summed E-state index contributed by atoms with van der Waals surface area (Å²) in [4.78, 5) is 45.9. The van der Waals surface area contributed by atoms with Crippen LogP contribution in [0.25, 0.3) is 11.0 Å². The number of hydrogen-bond acceptors (Lipinski definition) is 8. The fraction of sp³-hybridized carbons (Fsp3) is 0.441. The Morgan fingerprint density at radius 1 is 1.16 bits per heavy atom. The van der Waals surface area contributed by atoms with Gasteiger partial charge in [-0.2, -0.15) is 0 Å². The van der Waals surface area contributed by atoms with Crippen molar-refractivity contribution in [1.82, 2.24) is 24.8 Å². The third-order valence-electron chi connectivity index (χ3n) is 9.35. The van der Waals surface area contributed by atoms with Crippen LogP contribution in [-0.2, 0) is 36.9 Å². The largest absolute Gasteiger partial charge is 0.465 e. The number of hydrogen-bond donors (Lipinski definition) is 1. The van der Waals surface area contributed by atoms with E-state index >= 15 is 0 Å². The zero-order valence-electron chi connectivity index (χ0n) is 25.2. The second-order valence-electron chi connectivity index (χ2n) is 12.0. The Morgan fingerprint density at radius 2 is 1.93 bits per heavy atom. The Kier molecular flexibility index (Phi) is 8.82. The number of carbonyl (C=O) groups is 3. The fourth-order valence-electron chi connectivity index (χ4n) is 7.39. The summed E-state index contributed by atoms with van der Waals surface area (Å²) in [5.74, 6) is -2.96. The van der Waals surface area contributed by atoms with Gasteiger partial charge in [-0.1, -0.05) is 59.8 Å². The molecule has 3 aromatic rings. The number of aromatic nitrogens is 3. The summed E-state index contributed by atoms with van der Waals surface area (Å²) in [5, 5.41) is 19.2. The quantitative estimate of drug-likeness (QED) is 0.167. The Balaban J connectivity index is 1.37. The Hall–Kier alpha value is -4.35. The maximum Gasteiger partial charge on any atom is 0.312 e. The topological polar surface area (TPSA) is 127 Å². The average molecular weight is 614 g/mol. The van der Waals surface area contributed by atoms with E-state index in [0.29, 0.717) is 37.6 Å². The summed E-state index contributed by atoms with van der Waals surface area (Å²) in [6.45, 7) is 7.65. The first-order valence-corrected chi connectivity index (χ1v) is 15.5. The maximum atomic E-state index is 14.8. The molecule has 0 radical (unpaired) electrons. The van der Waals surface area contributed by atoms with Gasteiger partial charge >= 0.3 is 5.97 Å². The molecular formula is C34H39N5O6. The molecule has 1 spiro atoms. The summed E-state index contributed by atoms with van der Waals surface area (Å²) in [6.07, 6.45) is 5.45. The molecule has 3 aliphatic rings. The minimum absolute atomic E-state index is 0.0608. The molecule has 11 nitrogen and oxygen atoms in total. The maximum absolute atomic E-state index is 14.8. The molecule has 236 valence electrons. The van der Waals surface area contributed by atoms with Crippen LogP contribution in [0.15, 0.2) is 79.9 Å². The molecule has 3 fully saturated rings. The van der Waals surface area contributed by atoms with Crippen molar-refractivity contribution in [3.05, 3.63) is 85.5 Å². The predicted octanol–water partition coefficient (Wildman–Crippen LogP) is 2.89. The van der Waals surface area contributed by atoms with Gasteiger partial charge in [-0.3, -0.25) is 14.4 Å². The lowest BCUT2D eigenvalue weighted by molar-refractivity contribution is -0.157. The van der Waals surface area contributed by atoms with Crippen LogP contribution in [0.2, 0.25) is 0 Å². The summed E-state index contributed by atoms with van der Waals surface area (Å²) in [7, 11) is 0. The molecule has 0 aliphatic carbocycles. The number of aliphatic hydroxyl groups is 1. The number of unbranched alkanes of at least 4 members (excludes halogenated alkanes) is 1. The number of allylic oxidation sites excluding steroid dienone is 1. The zero-order valence-corrected chi connectivity index (χ0v) is 25.2. The molecule has 6 atom stereocenters. The van der Waals surface area contributed by atoms with Crippen molar-refractivity contribution >= 4 is 28.8 Å². The summed E-state index contributed by atoms with van der Waals surface area (Å²) in [6, 6.07) is 15.2. The van der Waals surface area contributed by atoms with Crippen molar-refractivity contribution in [3.63, 3.8) is 0 Å². The standard InChI is InChI=1S/C34H39N5O6/c1-3-5-11-19-44-33(43)28-27-16-17-34(45-27)29(28)31(41)39(24(21-40)20-23-12-7-6-8-13-23)30(34)32(42)37(18-4-2)22-38-26-15-10-9-14-25(26)35-36-38/h3-4,6-10,12-15,24,27-30,40H,1-2,5,11,16-22H2/t24-,27+,28-,29+,30?,34?/m1/s1. The molecule has 11 heteroatoms. The molecule has 2 unspecified atom stereocenters. The van der Waals surface area contributed by atoms with Crippen molar-refractivity contribution < 1.29 is 29.0 Å². The van der Waals surface area contributed by atoms with Gasteiger partial charge in [-0.15, -0.1) is 18.3 Å². The van der Waals surface area contributed by atoms with Crippen LogP contribution in [0.5, 0.6) is 0 Å². The van der Waals surface area contributed by atoms with Crippen LogP contribution >= 0.6 is 0 Å². The third kappa shape index (κ3) is 5.44. The number of likely N-dealkylation sites (tertiary alicyclic amines) is 1. The van der Waals surface area contributed by atoms with Crippen molar-refractivity contribution in [3.8, 4) is 0 Å². The molecule has 4 heterocycles. The van der Waals surface area contributed by atoms with E-state index in [9.17, 15) is 19.5 Å². The van der Waals surface area contributed by atoms with Gasteiger partial charge < -0.3 is 24.4 Å². The Bertz CT molecular complexity index is 1580. The third-order valence-corrected chi connectivity index (χ3v) is 9.35. The molecule has 2 aromatic carbocycles. The van der Waals surface area contributed by atoms with Gasteiger partial charge in [0.1, 0.15) is 23.8 Å². The highest BCUT2D eigenvalue weighted by Crippen LogP contribution is 2.59. The van der Waals surface area contributed by atoms with Crippen molar-refractivity contribution in [1.29, 1.82) is 0 Å². The lowest BCUT2D eigenvalue weighted by Gasteiger charge is -2.39. The molecule has 2 bridgehead atoms. The monoisotopic (exact) mass is 613 g/mol. The lowest BCUT2D eigenvalue weighted by atomic mass is 9.70. The second kappa shape index (κ2) is 12.9. The molecular weight excluding hydrogens is 574 g/mol. The number of fused-ring (bicyclic) bond motifs is 2. The van der Waals surface area contributed by atoms with Gasteiger partial charge in [-0.25, -0.2) is 4.68 Å². The van der Waals surface area contributed by atoms with E-state index in [1.807, 2.05) is 54.6 Å².